The number of benzene rings is 1. The molecule has 3 nitrogen and oxygen atoms in total. The number of aliphatic hydroxyl groups is 1. The molecule has 0 saturated carbocycles. The van der Waals surface area contributed by atoms with Crippen LogP contribution in [0.4, 0.5) is 8.78 Å². The fraction of sp³-hybridized carbons (Fsp3) is 0.167. The second-order valence-corrected chi connectivity index (χ2v) is 3.61. The molecule has 5 heteroatoms. The summed E-state index contributed by atoms with van der Waals surface area (Å²) in [4.78, 5) is 7.60. The SMILES string of the molecule is Cc1ccc(C(O)c2ncccn2)c(F)c1F. The smallest absolute Gasteiger partial charge is 0.165 e. The van der Waals surface area contributed by atoms with Gasteiger partial charge in [0.05, 0.1) is 0 Å². The number of nitrogens with zero attached hydrogens (tertiary/aromatic N) is 2. The van der Waals surface area contributed by atoms with Gasteiger partial charge in [-0.2, -0.15) is 0 Å². The Morgan fingerprint density at radius 2 is 1.76 bits per heavy atom. The van der Waals surface area contributed by atoms with Crippen LogP contribution in [0.5, 0.6) is 0 Å². The Balaban J connectivity index is 2.45. The third-order valence-corrected chi connectivity index (χ3v) is 2.43. The lowest BCUT2D eigenvalue weighted by atomic mass is 10.1. The molecular weight excluding hydrogens is 226 g/mol. The van der Waals surface area contributed by atoms with Gasteiger partial charge in [-0.1, -0.05) is 12.1 Å². The molecule has 0 amide bonds. The van der Waals surface area contributed by atoms with Crippen LogP contribution >= 0.6 is 0 Å². The predicted octanol–water partition coefficient (Wildman–Crippen LogP) is 2.14. The van der Waals surface area contributed by atoms with Gasteiger partial charge in [0, 0.05) is 18.0 Å². The van der Waals surface area contributed by atoms with Crippen molar-refractivity contribution in [3.63, 3.8) is 0 Å². The molecule has 0 bridgehead atoms. The largest absolute Gasteiger partial charge is 0.380 e. The third-order valence-electron chi connectivity index (χ3n) is 2.43. The minimum atomic E-state index is -1.37. The summed E-state index contributed by atoms with van der Waals surface area (Å²) in [5, 5.41) is 9.86. The van der Waals surface area contributed by atoms with E-state index in [9.17, 15) is 13.9 Å². The zero-order valence-electron chi connectivity index (χ0n) is 9.06. The lowest BCUT2D eigenvalue weighted by Crippen LogP contribution is -2.08. The molecule has 88 valence electrons. The Morgan fingerprint density at radius 3 is 2.41 bits per heavy atom. The Labute approximate surface area is 96.8 Å². The van der Waals surface area contributed by atoms with E-state index in [0.717, 1.165) is 0 Å². The van der Waals surface area contributed by atoms with Crippen molar-refractivity contribution >= 4 is 0 Å². The van der Waals surface area contributed by atoms with Gasteiger partial charge in [-0.25, -0.2) is 18.7 Å². The van der Waals surface area contributed by atoms with Gasteiger partial charge in [0.2, 0.25) is 0 Å². The van der Waals surface area contributed by atoms with E-state index in [0.29, 0.717) is 0 Å². The summed E-state index contributed by atoms with van der Waals surface area (Å²) < 4.78 is 26.9. The second-order valence-electron chi connectivity index (χ2n) is 3.61. The van der Waals surface area contributed by atoms with Gasteiger partial charge >= 0.3 is 0 Å². The van der Waals surface area contributed by atoms with Crippen LogP contribution in [0.3, 0.4) is 0 Å². The highest BCUT2D eigenvalue weighted by Gasteiger charge is 2.20. The highest BCUT2D eigenvalue weighted by Crippen LogP contribution is 2.24. The number of aryl methyl sites for hydroxylation is 1. The number of rotatable bonds is 2. The number of hydrogen-bond acceptors (Lipinski definition) is 3. The fourth-order valence-electron chi connectivity index (χ4n) is 1.46. The van der Waals surface area contributed by atoms with Crippen LogP contribution in [0.1, 0.15) is 23.1 Å². The molecule has 0 radical (unpaired) electrons. The summed E-state index contributed by atoms with van der Waals surface area (Å²) in [7, 11) is 0. The maximum Gasteiger partial charge on any atom is 0.165 e. The standard InChI is InChI=1S/C12H10F2N2O/c1-7-3-4-8(10(14)9(7)13)11(17)12-15-5-2-6-16-12/h2-6,11,17H,1H3. The van der Waals surface area contributed by atoms with E-state index in [1.54, 1.807) is 6.07 Å². The molecule has 1 aromatic heterocycles. The molecule has 2 aromatic rings. The van der Waals surface area contributed by atoms with Crippen LogP contribution in [0.2, 0.25) is 0 Å². The molecule has 2 rings (SSSR count). The Kier molecular flexibility index (Phi) is 3.10. The molecule has 0 aliphatic carbocycles. The van der Waals surface area contributed by atoms with Crippen LogP contribution in [0.25, 0.3) is 0 Å². The van der Waals surface area contributed by atoms with Crippen molar-refractivity contribution in [2.45, 2.75) is 13.0 Å². The minimum Gasteiger partial charge on any atom is -0.380 e. The maximum atomic E-state index is 13.6. The zero-order chi connectivity index (χ0) is 12.4. The van der Waals surface area contributed by atoms with E-state index in [2.05, 4.69) is 9.97 Å². The van der Waals surface area contributed by atoms with Gasteiger partial charge in [0.1, 0.15) is 6.10 Å². The van der Waals surface area contributed by atoms with Crippen LogP contribution in [0.15, 0.2) is 30.6 Å². The molecule has 1 aromatic carbocycles. The van der Waals surface area contributed by atoms with E-state index in [1.165, 1.54) is 31.5 Å². The Bertz CT molecular complexity index is 532. The summed E-state index contributed by atoms with van der Waals surface area (Å²) in [5.74, 6) is -1.99. The van der Waals surface area contributed by atoms with Crippen LogP contribution in [-0.4, -0.2) is 15.1 Å². The van der Waals surface area contributed by atoms with Crippen LogP contribution < -0.4 is 0 Å². The average molecular weight is 236 g/mol. The molecule has 1 N–H and O–H groups in total. The molecule has 1 atom stereocenters. The molecule has 0 aliphatic heterocycles. The minimum absolute atomic E-state index is 0.0367. The van der Waals surface area contributed by atoms with E-state index in [4.69, 9.17) is 0 Å². The summed E-state index contributed by atoms with van der Waals surface area (Å²) in [6.45, 7) is 1.45. The van der Waals surface area contributed by atoms with Gasteiger partial charge < -0.3 is 5.11 Å². The Hall–Kier alpha value is -1.88. The van der Waals surface area contributed by atoms with Gasteiger partial charge in [0.25, 0.3) is 0 Å². The first-order valence-corrected chi connectivity index (χ1v) is 5.00. The molecule has 0 aliphatic rings. The molecule has 0 spiro atoms. The lowest BCUT2D eigenvalue weighted by molar-refractivity contribution is 0.203. The predicted molar refractivity (Wildman–Crippen MR) is 57.2 cm³/mol. The molecule has 17 heavy (non-hydrogen) atoms. The summed E-state index contributed by atoms with van der Waals surface area (Å²) >= 11 is 0. The number of halogens is 2. The molecule has 1 heterocycles. The van der Waals surface area contributed by atoms with Crippen molar-refractivity contribution in [3.8, 4) is 0 Å². The second kappa shape index (κ2) is 4.55. The van der Waals surface area contributed by atoms with Crippen molar-refractivity contribution in [2.24, 2.45) is 0 Å². The first-order chi connectivity index (χ1) is 8.11. The van der Waals surface area contributed by atoms with Crippen molar-refractivity contribution in [2.75, 3.05) is 0 Å². The first-order valence-electron chi connectivity index (χ1n) is 5.00. The first kappa shape index (κ1) is 11.6. The monoisotopic (exact) mass is 236 g/mol. The van der Waals surface area contributed by atoms with Crippen molar-refractivity contribution in [3.05, 3.63) is 59.2 Å². The van der Waals surface area contributed by atoms with Gasteiger partial charge in [-0.05, 0) is 18.6 Å². The maximum absolute atomic E-state index is 13.6. The van der Waals surface area contributed by atoms with Gasteiger partial charge in [-0.15, -0.1) is 0 Å². The third kappa shape index (κ3) is 2.14. The topological polar surface area (TPSA) is 46.0 Å². The van der Waals surface area contributed by atoms with Gasteiger partial charge in [0.15, 0.2) is 17.5 Å². The summed E-state index contributed by atoms with van der Waals surface area (Å²) in [5.41, 5.74) is 0.0201. The quantitative estimate of drug-likeness (QED) is 0.868. The highest BCUT2D eigenvalue weighted by molar-refractivity contribution is 5.29. The molecule has 1 unspecified atom stereocenters. The van der Waals surface area contributed by atoms with E-state index in [1.807, 2.05) is 0 Å². The van der Waals surface area contributed by atoms with Crippen LogP contribution in [0, 0.1) is 18.6 Å². The van der Waals surface area contributed by atoms with E-state index in [-0.39, 0.29) is 17.0 Å². The Morgan fingerprint density at radius 1 is 1.12 bits per heavy atom. The summed E-state index contributed by atoms with van der Waals surface area (Å²) in [6.07, 6.45) is 1.48. The van der Waals surface area contributed by atoms with Gasteiger partial charge in [-0.3, -0.25) is 0 Å². The number of aromatic nitrogens is 2. The van der Waals surface area contributed by atoms with Crippen molar-refractivity contribution in [1.29, 1.82) is 0 Å². The number of hydrogen-bond donors (Lipinski definition) is 1. The molecule has 0 fully saturated rings. The highest BCUT2D eigenvalue weighted by atomic mass is 19.2. The van der Waals surface area contributed by atoms with E-state index >= 15 is 0 Å². The number of aliphatic hydroxyl groups excluding tert-OH is 1. The summed E-state index contributed by atoms with van der Waals surface area (Å²) in [6, 6.07) is 4.30. The lowest BCUT2D eigenvalue weighted by Gasteiger charge is -2.11. The van der Waals surface area contributed by atoms with E-state index < -0.39 is 17.7 Å². The fourth-order valence-corrected chi connectivity index (χ4v) is 1.46. The normalized spacial score (nSPS) is 12.5. The van der Waals surface area contributed by atoms with Crippen molar-refractivity contribution < 1.29 is 13.9 Å². The van der Waals surface area contributed by atoms with Crippen LogP contribution in [-0.2, 0) is 0 Å². The zero-order valence-corrected chi connectivity index (χ0v) is 9.06. The molecular formula is C12H10F2N2O. The molecule has 0 saturated heterocycles. The van der Waals surface area contributed by atoms with Crippen molar-refractivity contribution in [1.82, 2.24) is 9.97 Å². The average Bonchev–Trinajstić information content (AvgIpc) is 2.36.